The van der Waals surface area contributed by atoms with Crippen molar-refractivity contribution < 1.29 is 9.21 Å². The van der Waals surface area contributed by atoms with E-state index in [1.807, 2.05) is 47.0 Å². The first-order valence-corrected chi connectivity index (χ1v) is 9.39. The third kappa shape index (κ3) is 4.29. The van der Waals surface area contributed by atoms with Crippen molar-refractivity contribution >= 4 is 17.8 Å². The summed E-state index contributed by atoms with van der Waals surface area (Å²) in [4.78, 5) is 14.2. The largest absolute Gasteiger partial charge is 0.421 e. The van der Waals surface area contributed by atoms with Gasteiger partial charge in [0, 0.05) is 36.9 Å². The summed E-state index contributed by atoms with van der Waals surface area (Å²) in [6.45, 7) is 3.40. The Labute approximate surface area is 146 Å². The number of rotatable bonds is 4. The van der Waals surface area contributed by atoms with Crippen LogP contribution in [0.5, 0.6) is 0 Å². The molecule has 1 unspecified atom stereocenters. The Kier molecular flexibility index (Phi) is 5.74. The number of carbonyl (C=O) groups is 1. The number of hydrogen-bond donors (Lipinski definition) is 1. The predicted molar refractivity (Wildman–Crippen MR) is 94.9 cm³/mol. The first-order chi connectivity index (χ1) is 11.7. The third-order valence-electron chi connectivity index (χ3n) is 4.05. The second kappa shape index (κ2) is 8.19. The first kappa shape index (κ1) is 16.8. The zero-order chi connectivity index (χ0) is 16.8. The van der Waals surface area contributed by atoms with Crippen LogP contribution in [0, 0.1) is 0 Å². The molecule has 1 aromatic heterocycles. The molecule has 2 aromatic rings. The molecule has 1 aliphatic heterocycles. The van der Waals surface area contributed by atoms with E-state index in [0.717, 1.165) is 30.0 Å². The molecule has 1 N–H and O–H groups in total. The number of amides is 2. The third-order valence-corrected chi connectivity index (χ3v) is 5.05. The van der Waals surface area contributed by atoms with Crippen molar-refractivity contribution in [3.63, 3.8) is 0 Å². The van der Waals surface area contributed by atoms with Crippen LogP contribution in [-0.4, -0.2) is 51.8 Å². The van der Waals surface area contributed by atoms with Gasteiger partial charge in [0.25, 0.3) is 0 Å². The average Bonchev–Trinajstić information content (AvgIpc) is 2.97. The van der Waals surface area contributed by atoms with E-state index in [9.17, 15) is 4.79 Å². The molecule has 1 saturated heterocycles. The smallest absolute Gasteiger partial charge is 0.317 e. The maximum atomic E-state index is 12.3. The molecule has 128 valence electrons. The molecule has 0 radical (unpaired) electrons. The minimum Gasteiger partial charge on any atom is -0.421 e. The standard InChI is InChI=1S/C17H22N4O2S/c1-13-8-11-24-12-10-21(13)17(22)18-9-7-15-19-20-16(23-15)14-5-3-2-4-6-14/h2-6,13H,7-12H2,1H3,(H,18,22). The highest BCUT2D eigenvalue weighted by Gasteiger charge is 2.21. The summed E-state index contributed by atoms with van der Waals surface area (Å²) in [6.07, 6.45) is 1.57. The summed E-state index contributed by atoms with van der Waals surface area (Å²) in [6, 6.07) is 9.94. The van der Waals surface area contributed by atoms with Crippen LogP contribution in [0.1, 0.15) is 19.2 Å². The van der Waals surface area contributed by atoms with Gasteiger partial charge in [-0.3, -0.25) is 0 Å². The molecular formula is C17H22N4O2S. The Morgan fingerprint density at radius 2 is 2.17 bits per heavy atom. The monoisotopic (exact) mass is 346 g/mol. The average molecular weight is 346 g/mol. The summed E-state index contributed by atoms with van der Waals surface area (Å²) < 4.78 is 5.65. The summed E-state index contributed by atoms with van der Waals surface area (Å²) in [5.41, 5.74) is 0.899. The molecule has 0 aliphatic carbocycles. The highest BCUT2D eigenvalue weighted by Crippen LogP contribution is 2.17. The number of carbonyl (C=O) groups excluding carboxylic acids is 1. The lowest BCUT2D eigenvalue weighted by atomic mass is 10.2. The molecule has 3 rings (SSSR count). The molecule has 1 aromatic carbocycles. The van der Waals surface area contributed by atoms with E-state index in [4.69, 9.17) is 4.42 Å². The summed E-state index contributed by atoms with van der Waals surface area (Å²) in [7, 11) is 0. The highest BCUT2D eigenvalue weighted by molar-refractivity contribution is 7.99. The van der Waals surface area contributed by atoms with E-state index in [2.05, 4.69) is 22.4 Å². The van der Waals surface area contributed by atoms with Crippen molar-refractivity contribution in [1.29, 1.82) is 0 Å². The SMILES string of the molecule is CC1CCSCCN1C(=O)NCCc1nnc(-c2ccccc2)o1. The molecule has 6 nitrogen and oxygen atoms in total. The molecule has 0 bridgehead atoms. The molecule has 1 atom stereocenters. The maximum Gasteiger partial charge on any atom is 0.317 e. The van der Waals surface area contributed by atoms with Gasteiger partial charge in [-0.2, -0.15) is 11.8 Å². The van der Waals surface area contributed by atoms with Gasteiger partial charge in [0.1, 0.15) is 0 Å². The van der Waals surface area contributed by atoms with E-state index < -0.39 is 0 Å². The van der Waals surface area contributed by atoms with E-state index >= 15 is 0 Å². The number of aromatic nitrogens is 2. The van der Waals surface area contributed by atoms with Gasteiger partial charge in [0.05, 0.1) is 0 Å². The van der Waals surface area contributed by atoms with Crippen LogP contribution in [0.25, 0.3) is 11.5 Å². The van der Waals surface area contributed by atoms with E-state index in [1.54, 1.807) is 0 Å². The topological polar surface area (TPSA) is 71.3 Å². The number of urea groups is 1. The minimum absolute atomic E-state index is 0.00667. The summed E-state index contributed by atoms with van der Waals surface area (Å²) >= 11 is 1.91. The van der Waals surface area contributed by atoms with Crippen LogP contribution < -0.4 is 5.32 Å². The van der Waals surface area contributed by atoms with Crippen molar-refractivity contribution in [3.05, 3.63) is 36.2 Å². The Balaban J connectivity index is 1.49. The molecule has 0 spiro atoms. The first-order valence-electron chi connectivity index (χ1n) is 8.24. The van der Waals surface area contributed by atoms with E-state index in [1.165, 1.54) is 0 Å². The Hall–Kier alpha value is -2.02. The molecule has 2 heterocycles. The summed E-state index contributed by atoms with van der Waals surface area (Å²) in [5, 5.41) is 11.1. The van der Waals surface area contributed by atoms with Crippen molar-refractivity contribution in [1.82, 2.24) is 20.4 Å². The van der Waals surface area contributed by atoms with Crippen LogP contribution in [0.2, 0.25) is 0 Å². The predicted octanol–water partition coefficient (Wildman–Crippen LogP) is 2.82. The highest BCUT2D eigenvalue weighted by atomic mass is 32.2. The number of thioether (sulfide) groups is 1. The van der Waals surface area contributed by atoms with Gasteiger partial charge >= 0.3 is 6.03 Å². The maximum absolute atomic E-state index is 12.3. The van der Waals surface area contributed by atoms with Gasteiger partial charge in [0.15, 0.2) is 0 Å². The molecular weight excluding hydrogens is 324 g/mol. The normalized spacial score (nSPS) is 18.2. The van der Waals surface area contributed by atoms with E-state index in [-0.39, 0.29) is 12.1 Å². The lowest BCUT2D eigenvalue weighted by Crippen LogP contribution is -2.46. The fraction of sp³-hybridized carbons (Fsp3) is 0.471. The van der Waals surface area contributed by atoms with Crippen LogP contribution in [-0.2, 0) is 6.42 Å². The summed E-state index contributed by atoms with van der Waals surface area (Å²) in [5.74, 6) is 3.17. The van der Waals surface area contributed by atoms with Gasteiger partial charge in [0.2, 0.25) is 11.8 Å². The zero-order valence-corrected chi connectivity index (χ0v) is 14.6. The minimum atomic E-state index is -0.00667. The van der Waals surface area contributed by atoms with Crippen molar-refractivity contribution in [3.8, 4) is 11.5 Å². The zero-order valence-electron chi connectivity index (χ0n) is 13.8. The van der Waals surface area contributed by atoms with Crippen LogP contribution >= 0.6 is 11.8 Å². The molecule has 0 saturated carbocycles. The van der Waals surface area contributed by atoms with Crippen LogP contribution in [0.3, 0.4) is 0 Å². The van der Waals surface area contributed by atoms with Gasteiger partial charge in [-0.05, 0) is 31.2 Å². The second-order valence-electron chi connectivity index (χ2n) is 5.79. The number of benzene rings is 1. The Bertz CT molecular complexity index is 662. The molecule has 2 amide bonds. The van der Waals surface area contributed by atoms with E-state index in [0.29, 0.717) is 24.7 Å². The quantitative estimate of drug-likeness (QED) is 0.922. The van der Waals surface area contributed by atoms with Crippen LogP contribution in [0.15, 0.2) is 34.7 Å². The van der Waals surface area contributed by atoms with Gasteiger partial charge < -0.3 is 14.6 Å². The molecule has 1 fully saturated rings. The molecule has 24 heavy (non-hydrogen) atoms. The van der Waals surface area contributed by atoms with Gasteiger partial charge in [-0.25, -0.2) is 4.79 Å². The lowest BCUT2D eigenvalue weighted by molar-refractivity contribution is 0.183. The molecule has 7 heteroatoms. The number of nitrogens with zero attached hydrogens (tertiary/aromatic N) is 3. The fourth-order valence-electron chi connectivity index (χ4n) is 2.63. The number of nitrogens with one attached hydrogen (secondary N) is 1. The van der Waals surface area contributed by atoms with Crippen molar-refractivity contribution in [2.75, 3.05) is 24.6 Å². The second-order valence-corrected chi connectivity index (χ2v) is 7.02. The van der Waals surface area contributed by atoms with Crippen molar-refractivity contribution in [2.45, 2.75) is 25.8 Å². The Morgan fingerprint density at radius 3 is 3.00 bits per heavy atom. The van der Waals surface area contributed by atoms with Crippen LogP contribution in [0.4, 0.5) is 4.79 Å². The Morgan fingerprint density at radius 1 is 1.33 bits per heavy atom. The fourth-order valence-corrected chi connectivity index (χ4v) is 3.66. The number of hydrogen-bond acceptors (Lipinski definition) is 5. The molecule has 1 aliphatic rings. The lowest BCUT2D eigenvalue weighted by Gasteiger charge is -2.26. The van der Waals surface area contributed by atoms with Gasteiger partial charge in [-0.15, -0.1) is 10.2 Å². The van der Waals surface area contributed by atoms with Gasteiger partial charge in [-0.1, -0.05) is 18.2 Å². The van der Waals surface area contributed by atoms with Crippen molar-refractivity contribution in [2.24, 2.45) is 0 Å².